The smallest absolute Gasteiger partial charge is 0.333 e. The van der Waals surface area contributed by atoms with Gasteiger partial charge in [0.1, 0.15) is 33.0 Å². The topological polar surface area (TPSA) is 138 Å². The molecule has 3 heterocycles. The van der Waals surface area contributed by atoms with Gasteiger partial charge in [-0.05, 0) is 52.0 Å². The highest BCUT2D eigenvalue weighted by atomic mass is 32.1. The van der Waals surface area contributed by atoms with Crippen molar-refractivity contribution in [1.29, 1.82) is 0 Å². The van der Waals surface area contributed by atoms with E-state index in [4.69, 9.17) is 9.47 Å². The van der Waals surface area contributed by atoms with E-state index in [1.807, 2.05) is 0 Å². The van der Waals surface area contributed by atoms with Crippen LogP contribution in [0.2, 0.25) is 0 Å². The van der Waals surface area contributed by atoms with E-state index in [2.05, 4.69) is 5.10 Å². The van der Waals surface area contributed by atoms with Crippen LogP contribution < -0.4 is 16.0 Å². The van der Waals surface area contributed by atoms with E-state index < -0.39 is 40.8 Å². The largest absolute Gasteiger partial charge is 0.496 e. The summed E-state index contributed by atoms with van der Waals surface area (Å²) in [6.07, 6.45) is 1.37. The third-order valence-electron chi connectivity index (χ3n) is 6.41. The zero-order valence-electron chi connectivity index (χ0n) is 22.0. The van der Waals surface area contributed by atoms with E-state index in [9.17, 15) is 29.0 Å². The molecule has 0 aliphatic carbocycles. The highest BCUT2D eigenvalue weighted by molar-refractivity contribution is 7.21. The van der Waals surface area contributed by atoms with Gasteiger partial charge in [-0.1, -0.05) is 11.3 Å². The molecule has 0 unspecified atom stereocenters. The van der Waals surface area contributed by atoms with Crippen LogP contribution in [0.4, 0.5) is 4.39 Å². The monoisotopic (exact) mass is 560 g/mol. The molecule has 0 saturated carbocycles. The number of aryl methyl sites for hydroxylation is 1. The highest BCUT2D eigenvalue weighted by Gasteiger charge is 2.36. The van der Waals surface area contributed by atoms with Crippen LogP contribution in [0.1, 0.15) is 38.0 Å². The Morgan fingerprint density at radius 2 is 2.00 bits per heavy atom. The molecule has 4 aromatic rings. The Labute approximate surface area is 226 Å². The van der Waals surface area contributed by atoms with Crippen LogP contribution in [0.3, 0.4) is 0 Å². The van der Waals surface area contributed by atoms with Crippen molar-refractivity contribution in [2.24, 2.45) is 0 Å². The van der Waals surface area contributed by atoms with Crippen LogP contribution in [0.25, 0.3) is 15.2 Å². The Balaban J connectivity index is 2.04. The van der Waals surface area contributed by atoms with Crippen LogP contribution in [0, 0.1) is 12.7 Å². The molecule has 0 fully saturated rings. The molecule has 13 heteroatoms. The molecule has 1 aromatic carbocycles. The van der Waals surface area contributed by atoms with Gasteiger partial charge in [-0.2, -0.15) is 5.10 Å². The van der Waals surface area contributed by atoms with E-state index in [1.165, 1.54) is 50.6 Å². The van der Waals surface area contributed by atoms with Crippen LogP contribution >= 0.6 is 11.3 Å². The van der Waals surface area contributed by atoms with Crippen molar-refractivity contribution in [2.45, 2.75) is 52.0 Å². The summed E-state index contributed by atoms with van der Waals surface area (Å²) in [5.41, 5.74) is -2.74. The zero-order valence-corrected chi connectivity index (χ0v) is 22.9. The van der Waals surface area contributed by atoms with Crippen molar-refractivity contribution in [2.75, 3.05) is 13.7 Å². The van der Waals surface area contributed by atoms with Gasteiger partial charge in [0, 0.05) is 23.5 Å². The van der Waals surface area contributed by atoms with E-state index in [-0.39, 0.29) is 34.7 Å². The van der Waals surface area contributed by atoms with Crippen LogP contribution in [-0.4, -0.2) is 54.9 Å². The number of thiophene rings is 1. The van der Waals surface area contributed by atoms with E-state index in [0.29, 0.717) is 15.1 Å². The lowest BCUT2D eigenvalue weighted by Gasteiger charge is -2.26. The second kappa shape index (κ2) is 10.8. The number of carboxylic acid groups (broad SMARTS) is 1. The van der Waals surface area contributed by atoms with Crippen molar-refractivity contribution < 1.29 is 28.9 Å². The average molecular weight is 561 g/mol. The van der Waals surface area contributed by atoms with Gasteiger partial charge >= 0.3 is 11.7 Å². The number of fused-ring (bicyclic) bond motifs is 1. The number of aliphatic hydroxyl groups is 1. The van der Waals surface area contributed by atoms with Crippen LogP contribution in [0.15, 0.2) is 46.2 Å². The molecule has 2 atom stereocenters. The number of hydrogen-bond donors (Lipinski definition) is 2. The minimum absolute atomic E-state index is 0.148. The minimum Gasteiger partial charge on any atom is -0.496 e. The van der Waals surface area contributed by atoms with Gasteiger partial charge in [0.2, 0.25) is 0 Å². The molecule has 0 bridgehead atoms. The molecule has 0 saturated heterocycles. The first kappa shape index (κ1) is 28.2. The first-order valence-electron chi connectivity index (χ1n) is 12.0. The first-order chi connectivity index (χ1) is 18.4. The zero-order chi connectivity index (χ0) is 28.6. The van der Waals surface area contributed by atoms with Crippen molar-refractivity contribution in [1.82, 2.24) is 18.9 Å². The van der Waals surface area contributed by atoms with Gasteiger partial charge in [-0.15, -0.1) is 0 Å². The number of aliphatic carboxylic acids is 1. The molecule has 208 valence electrons. The van der Waals surface area contributed by atoms with Crippen molar-refractivity contribution in [3.63, 3.8) is 0 Å². The number of nitrogens with zero attached hydrogens (tertiary/aromatic N) is 4. The van der Waals surface area contributed by atoms with E-state index in [0.717, 1.165) is 11.3 Å². The number of benzene rings is 1. The number of ether oxygens (including phenoxy) is 2. The second-order valence-electron chi connectivity index (χ2n) is 9.62. The predicted molar refractivity (Wildman–Crippen MR) is 142 cm³/mol. The Morgan fingerprint density at radius 3 is 2.59 bits per heavy atom. The number of aliphatic hydroxyl groups excluding tert-OH is 1. The van der Waals surface area contributed by atoms with Crippen LogP contribution in [0.5, 0.6) is 5.75 Å². The maximum Gasteiger partial charge on any atom is 0.333 e. The number of carbonyl (C=O) groups is 1. The third kappa shape index (κ3) is 5.12. The summed E-state index contributed by atoms with van der Waals surface area (Å²) in [5.74, 6) is -1.66. The molecule has 4 rings (SSSR count). The number of carboxylic acids is 1. The Hall–Kier alpha value is -3.81. The molecular formula is C26H29FN4O7S. The number of rotatable bonds is 10. The molecule has 2 N–H and O–H groups in total. The number of halogens is 1. The summed E-state index contributed by atoms with van der Waals surface area (Å²) < 4.78 is 29.2. The molecule has 39 heavy (non-hydrogen) atoms. The van der Waals surface area contributed by atoms with Gasteiger partial charge in [0.15, 0.2) is 0 Å². The predicted octanol–water partition coefficient (Wildman–Crippen LogP) is 2.82. The fraction of sp³-hybridized carbons (Fsp3) is 0.385. The lowest BCUT2D eigenvalue weighted by Crippen LogP contribution is -2.52. The summed E-state index contributed by atoms with van der Waals surface area (Å²) >= 11 is 1.13. The van der Waals surface area contributed by atoms with Gasteiger partial charge in [0.05, 0.1) is 31.8 Å². The van der Waals surface area contributed by atoms with Crippen molar-refractivity contribution in [3.05, 3.63) is 74.4 Å². The molecule has 0 radical (unpaired) electrons. The molecule has 0 aliphatic rings. The van der Waals surface area contributed by atoms with Gasteiger partial charge < -0.3 is 19.7 Å². The maximum absolute atomic E-state index is 14.3. The molecule has 0 amide bonds. The Morgan fingerprint density at radius 1 is 1.28 bits per heavy atom. The lowest BCUT2D eigenvalue weighted by molar-refractivity contribution is -0.146. The van der Waals surface area contributed by atoms with Gasteiger partial charge in [-0.3, -0.25) is 9.36 Å². The maximum atomic E-state index is 14.3. The summed E-state index contributed by atoms with van der Waals surface area (Å²) in [4.78, 5) is 40.1. The van der Waals surface area contributed by atoms with E-state index in [1.54, 1.807) is 30.1 Å². The lowest BCUT2D eigenvalue weighted by atomic mass is 10.1. The molecular weight excluding hydrogens is 531 g/mol. The SMILES string of the molecule is COc1ccc(F)cc1[C@H](Cn1c(=O)n(C(C)(C)C(=O)O)c(=O)c2c(C)c(-n3cccn3)sc21)OC[C@@H](C)O. The van der Waals surface area contributed by atoms with Gasteiger partial charge in [0.25, 0.3) is 5.56 Å². The molecule has 0 aliphatic heterocycles. The summed E-state index contributed by atoms with van der Waals surface area (Å²) in [7, 11) is 1.40. The molecule has 0 spiro atoms. The number of methoxy groups -OCH3 is 1. The minimum atomic E-state index is -1.89. The first-order valence-corrected chi connectivity index (χ1v) is 12.9. The van der Waals surface area contributed by atoms with E-state index >= 15 is 0 Å². The fourth-order valence-electron chi connectivity index (χ4n) is 4.31. The summed E-state index contributed by atoms with van der Waals surface area (Å²) in [6.45, 7) is 5.35. The molecule has 3 aromatic heterocycles. The van der Waals surface area contributed by atoms with Gasteiger partial charge in [-0.25, -0.2) is 23.2 Å². The standard InChI is InChI=1S/C26H29FN4O7S/c1-14(32)13-38-19(17-11-16(27)7-8-18(17)37-5)12-29-23-20(15(2)22(39-23)30-10-6-9-28-30)21(33)31(25(29)36)26(3,4)24(34)35/h6-11,14,19,32H,12-13H2,1-5H3,(H,34,35)/t14-,19+/m1/s1. The van der Waals surface area contributed by atoms with Crippen molar-refractivity contribution >= 4 is 27.5 Å². The summed E-state index contributed by atoms with van der Waals surface area (Å²) in [6, 6.07) is 5.55. The second-order valence-corrected chi connectivity index (χ2v) is 10.6. The van der Waals surface area contributed by atoms with Crippen molar-refractivity contribution in [3.8, 4) is 10.8 Å². The normalized spacial score (nSPS) is 13.5. The number of hydrogen-bond acceptors (Lipinski definition) is 8. The average Bonchev–Trinajstić information content (AvgIpc) is 3.51. The Kier molecular flexibility index (Phi) is 7.77. The third-order valence-corrected chi connectivity index (χ3v) is 7.71. The summed E-state index contributed by atoms with van der Waals surface area (Å²) in [5, 5.41) is 24.8. The quantitative estimate of drug-likeness (QED) is 0.302. The van der Waals surface area contributed by atoms with Crippen LogP contribution in [-0.2, 0) is 21.6 Å². The fourth-order valence-corrected chi connectivity index (χ4v) is 5.56. The Bertz CT molecular complexity index is 1640. The highest BCUT2D eigenvalue weighted by Crippen LogP contribution is 2.34. The number of aromatic nitrogens is 4. The molecule has 11 nitrogen and oxygen atoms in total.